The molecule has 1 aromatic carbocycles. The summed E-state index contributed by atoms with van der Waals surface area (Å²) >= 11 is 5.42. The van der Waals surface area contributed by atoms with Crippen LogP contribution in [0.1, 0.15) is 5.56 Å². The lowest BCUT2D eigenvalue weighted by Crippen LogP contribution is -2.15. The Morgan fingerprint density at radius 3 is 2.58 bits per heavy atom. The molecule has 0 aliphatic heterocycles. The van der Waals surface area contributed by atoms with Crippen molar-refractivity contribution in [1.29, 1.82) is 0 Å². The van der Waals surface area contributed by atoms with Crippen LogP contribution in [0.5, 0.6) is 0 Å². The molecule has 0 atom stereocenters. The van der Waals surface area contributed by atoms with E-state index in [0.717, 1.165) is 0 Å². The van der Waals surface area contributed by atoms with Gasteiger partial charge in [-0.1, -0.05) is 17.7 Å². The van der Waals surface area contributed by atoms with E-state index < -0.39 is 12.9 Å². The maximum absolute atomic E-state index is 12.7. The molecule has 12 heavy (non-hydrogen) atoms. The highest BCUT2D eigenvalue weighted by atomic mass is 35.5. The summed E-state index contributed by atoms with van der Waals surface area (Å²) in [5.41, 5.74) is 0.506. The predicted molar refractivity (Wildman–Crippen MR) is 45.3 cm³/mol. The summed E-state index contributed by atoms with van der Waals surface area (Å²) in [4.78, 5) is 0. The fraction of sp³-hybridized carbons (Fsp3) is 0.143. The molecule has 0 bridgehead atoms. The first-order valence-corrected chi connectivity index (χ1v) is 3.77. The van der Waals surface area contributed by atoms with Crippen LogP contribution < -0.4 is 0 Å². The lowest BCUT2D eigenvalue weighted by atomic mass is 9.82. The molecule has 0 saturated carbocycles. The van der Waals surface area contributed by atoms with Gasteiger partial charge in [-0.15, -0.1) is 0 Å². The summed E-state index contributed by atoms with van der Waals surface area (Å²) in [7, 11) is -1.45. The Balaban J connectivity index is 2.82. The van der Waals surface area contributed by atoms with E-state index in [1.807, 2.05) is 0 Å². The highest BCUT2D eigenvalue weighted by molar-refractivity contribution is 6.40. The van der Waals surface area contributed by atoms with Gasteiger partial charge in [-0.3, -0.25) is 0 Å². The van der Waals surface area contributed by atoms with Gasteiger partial charge in [0.05, 0.1) is 5.02 Å². The van der Waals surface area contributed by atoms with E-state index in [4.69, 9.17) is 21.6 Å². The third kappa shape index (κ3) is 2.48. The largest absolute Gasteiger partial charge is 0.456 e. The van der Waals surface area contributed by atoms with Crippen LogP contribution in [0.3, 0.4) is 0 Å². The molecule has 0 heterocycles. The molecule has 0 aliphatic rings. The Kier molecular flexibility index (Phi) is 3.09. The van der Waals surface area contributed by atoms with E-state index in [0.29, 0.717) is 5.56 Å². The molecule has 64 valence electrons. The number of benzene rings is 1. The van der Waals surface area contributed by atoms with Crippen molar-refractivity contribution in [2.45, 2.75) is 6.32 Å². The second kappa shape index (κ2) is 3.89. The second-order valence-electron chi connectivity index (χ2n) is 2.43. The molecule has 0 radical (unpaired) electrons. The zero-order chi connectivity index (χ0) is 9.14. The van der Waals surface area contributed by atoms with Crippen molar-refractivity contribution in [2.75, 3.05) is 0 Å². The first kappa shape index (κ1) is 9.51. The Morgan fingerprint density at radius 1 is 1.42 bits per heavy atom. The molecule has 2 nitrogen and oxygen atoms in total. The van der Waals surface area contributed by atoms with Gasteiger partial charge in [0, 0.05) is 6.32 Å². The van der Waals surface area contributed by atoms with Gasteiger partial charge in [0.25, 0.3) is 0 Å². The second-order valence-corrected chi connectivity index (χ2v) is 2.84. The normalized spacial score (nSPS) is 10.0. The van der Waals surface area contributed by atoms with Gasteiger partial charge in [0.1, 0.15) is 5.82 Å². The van der Waals surface area contributed by atoms with Gasteiger partial charge in [0.2, 0.25) is 0 Å². The Hall–Kier alpha value is -0.575. The number of hydrogen-bond acceptors (Lipinski definition) is 2. The number of rotatable bonds is 2. The third-order valence-electron chi connectivity index (χ3n) is 1.40. The molecule has 5 heteroatoms. The van der Waals surface area contributed by atoms with Gasteiger partial charge < -0.3 is 10.0 Å². The van der Waals surface area contributed by atoms with Crippen LogP contribution in [0.25, 0.3) is 0 Å². The van der Waals surface area contributed by atoms with Gasteiger partial charge >= 0.3 is 7.12 Å². The Bertz CT molecular complexity index is 280. The van der Waals surface area contributed by atoms with E-state index in [1.54, 1.807) is 6.07 Å². The monoisotopic (exact) mass is 188 g/mol. The average Bonchev–Trinajstić information content (AvgIpc) is 1.96. The topological polar surface area (TPSA) is 40.5 Å². The van der Waals surface area contributed by atoms with Crippen LogP contribution in [0.2, 0.25) is 5.02 Å². The van der Waals surface area contributed by atoms with Crippen molar-refractivity contribution < 1.29 is 14.4 Å². The maximum atomic E-state index is 12.7. The lowest BCUT2D eigenvalue weighted by Gasteiger charge is -2.00. The summed E-state index contributed by atoms with van der Waals surface area (Å²) in [6.07, 6.45) is 0.00802. The van der Waals surface area contributed by atoms with E-state index in [1.165, 1.54) is 12.1 Å². The van der Waals surface area contributed by atoms with Gasteiger partial charge in [-0.25, -0.2) is 4.39 Å². The van der Waals surface area contributed by atoms with Crippen molar-refractivity contribution >= 4 is 18.7 Å². The summed E-state index contributed by atoms with van der Waals surface area (Å²) in [6, 6.07) is 4.11. The molecule has 0 aliphatic carbocycles. The quantitative estimate of drug-likeness (QED) is 0.681. The minimum absolute atomic E-state index is 0.00802. The molecular weight excluding hydrogens is 181 g/mol. The van der Waals surface area contributed by atoms with Crippen molar-refractivity contribution in [2.24, 2.45) is 0 Å². The van der Waals surface area contributed by atoms with Crippen molar-refractivity contribution in [3.05, 3.63) is 34.6 Å². The molecule has 0 fully saturated rings. The van der Waals surface area contributed by atoms with Crippen LogP contribution in [0.4, 0.5) is 4.39 Å². The van der Waals surface area contributed by atoms with Crippen LogP contribution in [0, 0.1) is 5.82 Å². The first-order chi connectivity index (χ1) is 5.59. The fourth-order valence-electron chi connectivity index (χ4n) is 0.877. The van der Waals surface area contributed by atoms with Crippen LogP contribution in [0.15, 0.2) is 18.2 Å². The summed E-state index contributed by atoms with van der Waals surface area (Å²) in [5.74, 6) is -0.546. The average molecular weight is 188 g/mol. The third-order valence-corrected chi connectivity index (χ3v) is 1.71. The van der Waals surface area contributed by atoms with Crippen LogP contribution >= 0.6 is 11.6 Å². The molecule has 0 saturated heterocycles. The fourth-order valence-corrected chi connectivity index (χ4v) is 0.995. The zero-order valence-electron chi connectivity index (χ0n) is 6.17. The summed E-state index contributed by atoms with van der Waals surface area (Å²) < 4.78 is 12.7. The summed E-state index contributed by atoms with van der Waals surface area (Å²) in [6.45, 7) is 0. The van der Waals surface area contributed by atoms with E-state index in [9.17, 15) is 4.39 Å². The molecule has 2 N–H and O–H groups in total. The van der Waals surface area contributed by atoms with Crippen LogP contribution in [-0.4, -0.2) is 17.2 Å². The Morgan fingerprint density at radius 2 is 2.08 bits per heavy atom. The van der Waals surface area contributed by atoms with Crippen molar-refractivity contribution in [3.8, 4) is 0 Å². The van der Waals surface area contributed by atoms with Gasteiger partial charge in [0.15, 0.2) is 0 Å². The van der Waals surface area contributed by atoms with Gasteiger partial charge in [-0.2, -0.15) is 0 Å². The first-order valence-electron chi connectivity index (χ1n) is 3.39. The standard InChI is InChI=1S/C7H7BClFO2/c9-6-2-1-5(3-7(6)10)4-8(11)12/h1-3,11-12H,4H2. The molecule has 1 aromatic rings. The molecule has 0 unspecified atom stereocenters. The predicted octanol–water partition coefficient (Wildman–Crippen LogP) is 1.03. The zero-order valence-corrected chi connectivity index (χ0v) is 6.92. The van der Waals surface area contributed by atoms with Crippen molar-refractivity contribution in [1.82, 2.24) is 0 Å². The smallest absolute Gasteiger partial charge is 0.427 e. The molecule has 1 rings (SSSR count). The molecular formula is C7H7BClFO2. The van der Waals surface area contributed by atoms with E-state index in [2.05, 4.69) is 0 Å². The Labute approximate surface area is 74.7 Å². The van der Waals surface area contributed by atoms with E-state index in [-0.39, 0.29) is 11.3 Å². The molecule has 0 spiro atoms. The molecule has 0 aromatic heterocycles. The minimum atomic E-state index is -1.45. The van der Waals surface area contributed by atoms with Crippen LogP contribution in [-0.2, 0) is 6.32 Å². The lowest BCUT2D eigenvalue weighted by molar-refractivity contribution is 0.405. The number of halogens is 2. The van der Waals surface area contributed by atoms with Crippen molar-refractivity contribution in [3.63, 3.8) is 0 Å². The maximum Gasteiger partial charge on any atom is 0.456 e. The SMILES string of the molecule is OB(O)Cc1ccc(Cl)c(F)c1. The van der Waals surface area contributed by atoms with E-state index >= 15 is 0 Å². The highest BCUT2D eigenvalue weighted by Crippen LogP contribution is 2.15. The van der Waals surface area contributed by atoms with Gasteiger partial charge in [-0.05, 0) is 17.7 Å². The highest BCUT2D eigenvalue weighted by Gasteiger charge is 2.09. The summed E-state index contributed by atoms with van der Waals surface area (Å²) in [5, 5.41) is 17.2. The molecule has 0 amide bonds. The minimum Gasteiger partial charge on any atom is -0.427 e. The number of hydrogen-bond donors (Lipinski definition) is 2.